The molecule has 0 amide bonds. The molecule has 21 heavy (non-hydrogen) atoms. The summed E-state index contributed by atoms with van der Waals surface area (Å²) < 4.78 is 27.5. The van der Waals surface area contributed by atoms with Gasteiger partial charge in [0.2, 0.25) is 10.0 Å². The molecule has 0 radical (unpaired) electrons. The van der Waals surface area contributed by atoms with E-state index in [0.717, 1.165) is 24.0 Å². The van der Waals surface area contributed by atoms with Gasteiger partial charge in [0.1, 0.15) is 0 Å². The summed E-state index contributed by atoms with van der Waals surface area (Å²) in [6.45, 7) is 2.42. The lowest BCUT2D eigenvalue weighted by Crippen LogP contribution is -2.39. The largest absolute Gasteiger partial charge is 0.326 e. The molecule has 0 aliphatic heterocycles. The lowest BCUT2D eigenvalue weighted by Gasteiger charge is -2.28. The average molecular weight is 310 g/mol. The van der Waals surface area contributed by atoms with E-state index in [1.807, 2.05) is 31.2 Å². The minimum Gasteiger partial charge on any atom is -0.326 e. The zero-order valence-electron chi connectivity index (χ0n) is 12.7. The molecule has 1 atom stereocenters. The van der Waals surface area contributed by atoms with Gasteiger partial charge >= 0.3 is 0 Å². The van der Waals surface area contributed by atoms with Crippen LogP contribution in [0.4, 0.5) is 0 Å². The van der Waals surface area contributed by atoms with E-state index in [9.17, 15) is 8.42 Å². The molecule has 1 aromatic rings. The highest BCUT2D eigenvalue weighted by atomic mass is 32.2. The monoisotopic (exact) mass is 310 g/mol. The second-order valence-corrected chi connectivity index (χ2v) is 7.84. The number of nitrogens with one attached hydrogen (secondary N) is 1. The van der Waals surface area contributed by atoms with E-state index in [-0.39, 0.29) is 11.8 Å². The molecule has 1 aliphatic rings. The quantitative estimate of drug-likeness (QED) is 0.848. The second-order valence-electron chi connectivity index (χ2n) is 6.09. The van der Waals surface area contributed by atoms with Crippen LogP contribution in [0, 0.1) is 5.92 Å². The summed E-state index contributed by atoms with van der Waals surface area (Å²) in [7, 11) is -3.30. The molecule has 4 nitrogen and oxygen atoms in total. The van der Waals surface area contributed by atoms with Crippen LogP contribution in [0.5, 0.6) is 0 Å². The van der Waals surface area contributed by atoms with E-state index in [4.69, 9.17) is 5.73 Å². The summed E-state index contributed by atoms with van der Waals surface area (Å²) >= 11 is 0. The molecule has 0 aromatic heterocycles. The first-order valence-electron chi connectivity index (χ1n) is 7.78. The molecule has 5 heteroatoms. The standard InChI is InChI=1S/C16H26N2O2S/c1-13(16-8-3-2-4-9-16)18-21(19,20)12-15-7-5-6-14(10-15)11-17/h5-7,10,13,16,18H,2-4,8-9,11-12,17H2,1H3. The normalized spacial score (nSPS) is 18.6. The molecule has 0 saturated heterocycles. The molecular weight excluding hydrogens is 284 g/mol. The number of benzene rings is 1. The molecule has 2 rings (SSSR count). The van der Waals surface area contributed by atoms with Crippen LogP contribution in [0.1, 0.15) is 50.2 Å². The number of hydrogen-bond donors (Lipinski definition) is 2. The third-order valence-corrected chi connectivity index (χ3v) is 5.75. The van der Waals surface area contributed by atoms with Crippen LogP contribution in [0.2, 0.25) is 0 Å². The Kier molecular flexibility index (Phi) is 5.79. The lowest BCUT2D eigenvalue weighted by molar-refractivity contribution is 0.303. The van der Waals surface area contributed by atoms with Gasteiger partial charge in [-0.2, -0.15) is 0 Å². The van der Waals surface area contributed by atoms with Gasteiger partial charge in [-0.3, -0.25) is 0 Å². The van der Waals surface area contributed by atoms with Crippen LogP contribution < -0.4 is 10.5 Å². The van der Waals surface area contributed by atoms with Crippen molar-refractivity contribution in [3.63, 3.8) is 0 Å². The van der Waals surface area contributed by atoms with Crippen molar-refractivity contribution >= 4 is 10.0 Å². The summed E-state index contributed by atoms with van der Waals surface area (Å²) in [5.41, 5.74) is 7.35. The van der Waals surface area contributed by atoms with E-state index in [2.05, 4.69) is 4.72 Å². The van der Waals surface area contributed by atoms with Gasteiger partial charge in [0, 0.05) is 12.6 Å². The van der Waals surface area contributed by atoms with E-state index in [1.165, 1.54) is 19.3 Å². The first-order chi connectivity index (χ1) is 10.00. The third kappa shape index (κ3) is 5.09. The number of sulfonamides is 1. The first kappa shape index (κ1) is 16.5. The molecule has 1 saturated carbocycles. The van der Waals surface area contributed by atoms with Crippen molar-refractivity contribution in [1.29, 1.82) is 0 Å². The molecule has 1 aromatic carbocycles. The Morgan fingerprint density at radius 2 is 1.90 bits per heavy atom. The maximum absolute atomic E-state index is 12.3. The first-order valence-corrected chi connectivity index (χ1v) is 9.43. The second kappa shape index (κ2) is 7.38. The topological polar surface area (TPSA) is 72.2 Å². The van der Waals surface area contributed by atoms with Gasteiger partial charge < -0.3 is 5.73 Å². The third-order valence-electron chi connectivity index (χ3n) is 4.31. The van der Waals surface area contributed by atoms with Gasteiger partial charge in [-0.25, -0.2) is 13.1 Å². The lowest BCUT2D eigenvalue weighted by atomic mass is 9.85. The summed E-state index contributed by atoms with van der Waals surface area (Å²) in [5, 5.41) is 0. The fourth-order valence-corrected chi connectivity index (χ4v) is 4.58. The summed E-state index contributed by atoms with van der Waals surface area (Å²) in [5.74, 6) is 0.502. The van der Waals surface area contributed by atoms with Gasteiger partial charge in [0.15, 0.2) is 0 Å². The summed E-state index contributed by atoms with van der Waals surface area (Å²) in [4.78, 5) is 0. The van der Waals surface area contributed by atoms with Crippen molar-refractivity contribution in [2.45, 2.75) is 57.4 Å². The fourth-order valence-electron chi connectivity index (χ4n) is 3.12. The maximum atomic E-state index is 12.3. The highest BCUT2D eigenvalue weighted by Gasteiger charge is 2.24. The van der Waals surface area contributed by atoms with Crippen LogP contribution >= 0.6 is 0 Å². The van der Waals surface area contributed by atoms with E-state index < -0.39 is 10.0 Å². The number of rotatable bonds is 6. The number of hydrogen-bond acceptors (Lipinski definition) is 3. The Labute approximate surface area is 128 Å². The van der Waals surface area contributed by atoms with E-state index in [1.54, 1.807) is 0 Å². The van der Waals surface area contributed by atoms with Gasteiger partial charge in [-0.15, -0.1) is 0 Å². The number of nitrogens with two attached hydrogens (primary N) is 1. The molecule has 1 unspecified atom stereocenters. The smallest absolute Gasteiger partial charge is 0.216 e. The summed E-state index contributed by atoms with van der Waals surface area (Å²) in [6, 6.07) is 7.49. The SMILES string of the molecule is CC(NS(=O)(=O)Cc1cccc(CN)c1)C1CCCCC1. The minimum absolute atomic E-state index is 0.0213. The van der Waals surface area contributed by atoms with Crippen LogP contribution in [0.15, 0.2) is 24.3 Å². The Morgan fingerprint density at radius 1 is 1.24 bits per heavy atom. The molecule has 0 bridgehead atoms. The van der Waals surface area contributed by atoms with Crippen molar-refractivity contribution in [2.75, 3.05) is 0 Å². The molecule has 1 aliphatic carbocycles. The Balaban J connectivity index is 1.97. The Morgan fingerprint density at radius 3 is 2.57 bits per heavy atom. The highest BCUT2D eigenvalue weighted by molar-refractivity contribution is 7.88. The summed E-state index contributed by atoms with van der Waals surface area (Å²) in [6.07, 6.45) is 5.98. The molecule has 0 heterocycles. The molecule has 1 fully saturated rings. The van der Waals surface area contributed by atoms with Crippen molar-refractivity contribution in [1.82, 2.24) is 4.72 Å². The van der Waals surface area contributed by atoms with Crippen molar-refractivity contribution in [3.05, 3.63) is 35.4 Å². The van der Waals surface area contributed by atoms with E-state index in [0.29, 0.717) is 12.5 Å². The average Bonchev–Trinajstić information content (AvgIpc) is 2.47. The predicted octanol–water partition coefficient (Wildman–Crippen LogP) is 2.53. The molecular formula is C16H26N2O2S. The van der Waals surface area contributed by atoms with Crippen LogP contribution in [0.3, 0.4) is 0 Å². The maximum Gasteiger partial charge on any atom is 0.216 e. The zero-order valence-corrected chi connectivity index (χ0v) is 13.5. The van der Waals surface area contributed by atoms with Crippen LogP contribution in [-0.2, 0) is 22.3 Å². The van der Waals surface area contributed by atoms with Gasteiger partial charge in [-0.05, 0) is 36.8 Å². The van der Waals surface area contributed by atoms with Crippen molar-refractivity contribution in [2.24, 2.45) is 11.7 Å². The molecule has 3 N–H and O–H groups in total. The van der Waals surface area contributed by atoms with Crippen LogP contribution in [-0.4, -0.2) is 14.5 Å². The van der Waals surface area contributed by atoms with Crippen LogP contribution in [0.25, 0.3) is 0 Å². The Bertz CT molecular complexity index is 551. The van der Waals surface area contributed by atoms with Gasteiger partial charge in [0.05, 0.1) is 5.75 Å². The minimum atomic E-state index is -3.30. The fraction of sp³-hybridized carbons (Fsp3) is 0.625. The Hall–Kier alpha value is -0.910. The van der Waals surface area contributed by atoms with Crippen molar-refractivity contribution < 1.29 is 8.42 Å². The van der Waals surface area contributed by atoms with Gasteiger partial charge in [0.25, 0.3) is 0 Å². The molecule has 0 spiro atoms. The molecule has 118 valence electrons. The van der Waals surface area contributed by atoms with E-state index >= 15 is 0 Å². The predicted molar refractivity (Wildman–Crippen MR) is 86.1 cm³/mol. The van der Waals surface area contributed by atoms with Gasteiger partial charge in [-0.1, -0.05) is 43.5 Å². The zero-order chi connectivity index (χ0) is 15.3. The van der Waals surface area contributed by atoms with Crippen molar-refractivity contribution in [3.8, 4) is 0 Å². The highest BCUT2D eigenvalue weighted by Crippen LogP contribution is 2.26.